The molecule has 7 heteroatoms. The Hall–Kier alpha value is -2.16. The first kappa shape index (κ1) is 17.7. The number of carbonyl (C=O) groups excluding carboxylic acids is 1. The first-order valence-corrected chi connectivity index (χ1v) is 8.66. The van der Waals surface area contributed by atoms with Gasteiger partial charge < -0.3 is 24.3 Å². The number of benzene rings is 2. The van der Waals surface area contributed by atoms with Gasteiger partial charge in [-0.3, -0.25) is 4.79 Å². The van der Waals surface area contributed by atoms with E-state index in [0.717, 1.165) is 3.57 Å². The number of anilines is 1. The van der Waals surface area contributed by atoms with Crippen LogP contribution in [0.2, 0.25) is 0 Å². The van der Waals surface area contributed by atoms with Crippen molar-refractivity contribution in [3.8, 4) is 23.0 Å². The van der Waals surface area contributed by atoms with E-state index in [1.54, 1.807) is 37.4 Å². The number of hydrogen-bond donors (Lipinski definition) is 1. The van der Waals surface area contributed by atoms with Crippen molar-refractivity contribution in [1.29, 1.82) is 0 Å². The van der Waals surface area contributed by atoms with Crippen LogP contribution in [0, 0.1) is 3.57 Å². The van der Waals surface area contributed by atoms with Crippen molar-refractivity contribution in [1.82, 2.24) is 0 Å². The monoisotopic (exact) mass is 455 g/mol. The van der Waals surface area contributed by atoms with Gasteiger partial charge in [0.15, 0.2) is 23.0 Å². The molecule has 1 N–H and O–H groups in total. The van der Waals surface area contributed by atoms with E-state index in [1.807, 2.05) is 13.8 Å². The third-order valence-corrected chi connectivity index (χ3v) is 4.52. The fourth-order valence-corrected chi connectivity index (χ4v) is 3.21. The minimum atomic E-state index is -0.705. The summed E-state index contributed by atoms with van der Waals surface area (Å²) in [5.41, 5.74) is 1.12. The number of hydrogen-bond acceptors (Lipinski definition) is 5. The zero-order valence-corrected chi connectivity index (χ0v) is 16.5. The lowest BCUT2D eigenvalue weighted by Gasteiger charge is -2.16. The minimum Gasteiger partial charge on any atom is -0.493 e. The zero-order valence-electron chi connectivity index (χ0n) is 14.3. The second-order valence-electron chi connectivity index (χ2n) is 5.91. The maximum atomic E-state index is 12.6. The molecule has 0 aromatic heterocycles. The van der Waals surface area contributed by atoms with Crippen molar-refractivity contribution in [3.05, 3.63) is 39.5 Å². The Morgan fingerprint density at radius 1 is 1.04 bits per heavy atom. The van der Waals surface area contributed by atoms with Crippen LogP contribution in [0.4, 0.5) is 5.69 Å². The topological polar surface area (TPSA) is 66.0 Å². The first-order valence-electron chi connectivity index (χ1n) is 7.58. The largest absolute Gasteiger partial charge is 0.493 e. The smallest absolute Gasteiger partial charge is 0.256 e. The lowest BCUT2D eigenvalue weighted by atomic mass is 10.1. The average Bonchev–Trinajstić information content (AvgIpc) is 2.87. The molecule has 2 aromatic rings. The van der Waals surface area contributed by atoms with Gasteiger partial charge in [0.25, 0.3) is 5.91 Å². The molecule has 0 spiro atoms. The molecule has 1 aliphatic rings. The van der Waals surface area contributed by atoms with Crippen LogP contribution >= 0.6 is 22.6 Å². The highest BCUT2D eigenvalue weighted by atomic mass is 127. The maximum absolute atomic E-state index is 12.6. The molecular formula is C18H18INO5. The molecule has 0 unspecified atom stereocenters. The first-order chi connectivity index (χ1) is 11.8. The standard InChI is InChI=1S/C18H18INO5/c1-18(2)24-13-6-5-10(7-16(13)25-18)20-17(21)11-8-14(22-3)15(23-4)9-12(11)19/h5-9H,1-4H3,(H,20,21). The molecule has 0 bridgehead atoms. The van der Waals surface area contributed by atoms with Gasteiger partial charge in [-0.05, 0) is 46.9 Å². The van der Waals surface area contributed by atoms with Crippen LogP contribution < -0.4 is 24.3 Å². The van der Waals surface area contributed by atoms with Gasteiger partial charge in [0.2, 0.25) is 5.79 Å². The number of ether oxygens (including phenoxy) is 4. The third kappa shape index (κ3) is 3.60. The fraction of sp³-hybridized carbons (Fsp3) is 0.278. The number of amides is 1. The van der Waals surface area contributed by atoms with Crippen LogP contribution in [0.25, 0.3) is 0 Å². The summed E-state index contributed by atoms with van der Waals surface area (Å²) in [6.07, 6.45) is 0. The van der Waals surface area contributed by atoms with Crippen LogP contribution in [-0.2, 0) is 0 Å². The van der Waals surface area contributed by atoms with Crippen molar-refractivity contribution in [2.45, 2.75) is 19.6 Å². The van der Waals surface area contributed by atoms with Crippen LogP contribution in [-0.4, -0.2) is 25.9 Å². The van der Waals surface area contributed by atoms with Gasteiger partial charge in [-0.2, -0.15) is 0 Å². The van der Waals surface area contributed by atoms with Gasteiger partial charge in [-0.25, -0.2) is 0 Å². The molecule has 2 aromatic carbocycles. The Labute approximate surface area is 159 Å². The Kier molecular flexibility index (Phi) is 4.68. The summed E-state index contributed by atoms with van der Waals surface area (Å²) < 4.78 is 22.6. The van der Waals surface area contributed by atoms with E-state index in [0.29, 0.717) is 34.2 Å². The van der Waals surface area contributed by atoms with Gasteiger partial charge in [0, 0.05) is 29.2 Å². The van der Waals surface area contributed by atoms with E-state index in [9.17, 15) is 4.79 Å². The quantitative estimate of drug-likeness (QED) is 0.705. The molecule has 0 atom stereocenters. The lowest BCUT2D eigenvalue weighted by Crippen LogP contribution is -2.29. The highest BCUT2D eigenvalue weighted by molar-refractivity contribution is 14.1. The molecule has 1 heterocycles. The maximum Gasteiger partial charge on any atom is 0.256 e. The Morgan fingerprint density at radius 3 is 2.36 bits per heavy atom. The number of halogens is 1. The number of nitrogens with one attached hydrogen (secondary N) is 1. The molecule has 0 radical (unpaired) electrons. The van der Waals surface area contributed by atoms with Crippen LogP contribution in [0.1, 0.15) is 24.2 Å². The Bertz CT molecular complexity index is 834. The number of methoxy groups -OCH3 is 2. The second-order valence-corrected chi connectivity index (χ2v) is 7.07. The molecule has 0 aliphatic carbocycles. The molecule has 1 aliphatic heterocycles. The average molecular weight is 455 g/mol. The van der Waals surface area contributed by atoms with E-state index in [2.05, 4.69) is 27.9 Å². The zero-order chi connectivity index (χ0) is 18.2. The molecule has 132 valence electrons. The van der Waals surface area contributed by atoms with E-state index in [4.69, 9.17) is 18.9 Å². The van der Waals surface area contributed by atoms with Crippen molar-refractivity contribution >= 4 is 34.2 Å². The fourth-order valence-electron chi connectivity index (χ4n) is 2.53. The second kappa shape index (κ2) is 6.62. The van der Waals surface area contributed by atoms with Crippen LogP contribution in [0.5, 0.6) is 23.0 Å². The molecule has 6 nitrogen and oxygen atoms in total. The van der Waals surface area contributed by atoms with Gasteiger partial charge in [0.1, 0.15) is 0 Å². The predicted molar refractivity (Wildman–Crippen MR) is 102 cm³/mol. The van der Waals surface area contributed by atoms with E-state index >= 15 is 0 Å². The summed E-state index contributed by atoms with van der Waals surface area (Å²) in [6, 6.07) is 8.71. The minimum absolute atomic E-state index is 0.247. The SMILES string of the molecule is COc1cc(I)c(C(=O)Nc2ccc3c(c2)OC(C)(C)O3)cc1OC. The van der Waals surface area contributed by atoms with Gasteiger partial charge in [-0.15, -0.1) is 0 Å². The third-order valence-electron chi connectivity index (χ3n) is 3.63. The molecule has 3 rings (SSSR count). The number of carbonyl (C=O) groups is 1. The highest BCUT2D eigenvalue weighted by Gasteiger charge is 2.31. The molecular weight excluding hydrogens is 437 g/mol. The normalized spacial score (nSPS) is 14.1. The van der Waals surface area contributed by atoms with E-state index < -0.39 is 5.79 Å². The molecule has 0 saturated carbocycles. The number of rotatable bonds is 4. The molecule has 1 amide bonds. The summed E-state index contributed by atoms with van der Waals surface area (Å²) in [4.78, 5) is 12.6. The Morgan fingerprint density at radius 2 is 1.68 bits per heavy atom. The Balaban J connectivity index is 1.84. The predicted octanol–water partition coefficient (Wildman–Crippen LogP) is 4.07. The summed E-state index contributed by atoms with van der Waals surface area (Å²) in [7, 11) is 3.09. The van der Waals surface area contributed by atoms with Crippen molar-refractivity contribution in [3.63, 3.8) is 0 Å². The van der Waals surface area contributed by atoms with E-state index in [1.165, 1.54) is 7.11 Å². The highest BCUT2D eigenvalue weighted by Crippen LogP contribution is 2.41. The summed E-state index contributed by atoms with van der Waals surface area (Å²) >= 11 is 2.09. The molecule has 0 fully saturated rings. The summed E-state index contributed by atoms with van der Waals surface area (Å²) in [5, 5.41) is 2.87. The molecule has 25 heavy (non-hydrogen) atoms. The van der Waals surface area contributed by atoms with Crippen LogP contribution in [0.15, 0.2) is 30.3 Å². The van der Waals surface area contributed by atoms with Crippen molar-refractivity contribution in [2.75, 3.05) is 19.5 Å². The molecule has 0 saturated heterocycles. The van der Waals surface area contributed by atoms with Crippen LogP contribution in [0.3, 0.4) is 0 Å². The van der Waals surface area contributed by atoms with E-state index in [-0.39, 0.29) is 5.91 Å². The van der Waals surface area contributed by atoms with Gasteiger partial charge >= 0.3 is 0 Å². The van der Waals surface area contributed by atoms with Crippen molar-refractivity contribution in [2.24, 2.45) is 0 Å². The van der Waals surface area contributed by atoms with Gasteiger partial charge in [0.05, 0.1) is 19.8 Å². The van der Waals surface area contributed by atoms with Crippen molar-refractivity contribution < 1.29 is 23.7 Å². The van der Waals surface area contributed by atoms with Gasteiger partial charge in [-0.1, -0.05) is 0 Å². The number of fused-ring (bicyclic) bond motifs is 1. The lowest BCUT2D eigenvalue weighted by molar-refractivity contribution is -0.0431. The summed E-state index contributed by atoms with van der Waals surface area (Å²) in [5.74, 6) is 1.38. The summed E-state index contributed by atoms with van der Waals surface area (Å²) in [6.45, 7) is 3.66.